The Balaban J connectivity index is 1.25. The number of carbonyl (C=O) groups is 1. The van der Waals surface area contributed by atoms with Crippen molar-refractivity contribution in [3.05, 3.63) is 29.1 Å². The van der Waals surface area contributed by atoms with E-state index in [1.54, 1.807) is 6.07 Å². The first kappa shape index (κ1) is 20.2. The average Bonchev–Trinajstić information content (AvgIpc) is 3.39. The topological polar surface area (TPSA) is 62.9 Å². The third kappa shape index (κ3) is 3.70. The molecule has 5 rings (SSSR count). The lowest BCUT2D eigenvalue weighted by Gasteiger charge is -2.48. The molecule has 1 aromatic rings. The van der Waals surface area contributed by atoms with E-state index in [9.17, 15) is 9.18 Å². The van der Waals surface area contributed by atoms with E-state index in [0.717, 1.165) is 63.4 Å². The molecule has 0 bridgehead atoms. The monoisotopic (exact) mass is 416 g/mol. The van der Waals surface area contributed by atoms with Crippen molar-refractivity contribution in [1.29, 1.82) is 0 Å². The Bertz CT molecular complexity index is 780. The van der Waals surface area contributed by atoms with Crippen molar-refractivity contribution in [1.82, 2.24) is 25.3 Å². The first-order chi connectivity index (χ1) is 14.5. The highest BCUT2D eigenvalue weighted by molar-refractivity contribution is 5.88. The number of likely N-dealkylation sites (N-methyl/N-ethyl adjacent to an activating group) is 1. The molecule has 164 valence electrons. The summed E-state index contributed by atoms with van der Waals surface area (Å²) >= 11 is 0. The van der Waals surface area contributed by atoms with Crippen LogP contribution in [-0.2, 0) is 11.2 Å². The molecular formula is C22H33FN6O. The smallest absolute Gasteiger partial charge is 0.243 e. The normalized spacial score (nSPS) is 32.5. The highest BCUT2D eigenvalue weighted by Crippen LogP contribution is 2.32. The van der Waals surface area contributed by atoms with Crippen LogP contribution in [0.4, 0.5) is 10.1 Å². The molecule has 3 saturated heterocycles. The van der Waals surface area contributed by atoms with E-state index in [2.05, 4.69) is 37.7 Å². The first-order valence-corrected chi connectivity index (χ1v) is 11.3. The molecule has 1 aromatic carbocycles. The molecule has 3 N–H and O–H groups in total. The standard InChI is InChI=1S/C22H33FN6O/c1-14-3-4-17(23)16-13-18(26-21(14)16)22(30)25-15-11-19-24-5-6-29(19)20(12-15)28-9-7-27(2)8-10-28/h3-4,15,18-20,24,26H,5-13H2,1-2H3,(H,25,30). The summed E-state index contributed by atoms with van der Waals surface area (Å²) in [5.74, 6) is -0.240. The van der Waals surface area contributed by atoms with Gasteiger partial charge in [-0.25, -0.2) is 4.39 Å². The molecule has 4 aliphatic heterocycles. The Morgan fingerprint density at radius 1 is 1.17 bits per heavy atom. The summed E-state index contributed by atoms with van der Waals surface area (Å²) in [5, 5.41) is 10.2. The summed E-state index contributed by atoms with van der Waals surface area (Å²) in [5.41, 5.74) is 2.41. The number of nitrogens with one attached hydrogen (secondary N) is 3. The maximum atomic E-state index is 14.2. The van der Waals surface area contributed by atoms with E-state index in [-0.39, 0.29) is 17.8 Å². The lowest BCUT2D eigenvalue weighted by atomic mass is 9.97. The number of hydrogen-bond donors (Lipinski definition) is 3. The molecule has 8 heteroatoms. The zero-order valence-corrected chi connectivity index (χ0v) is 18.0. The molecule has 1 amide bonds. The maximum Gasteiger partial charge on any atom is 0.243 e. The largest absolute Gasteiger partial charge is 0.373 e. The Morgan fingerprint density at radius 2 is 1.97 bits per heavy atom. The van der Waals surface area contributed by atoms with Crippen LogP contribution in [0.3, 0.4) is 0 Å². The number of rotatable bonds is 3. The van der Waals surface area contributed by atoms with Gasteiger partial charge in [0.15, 0.2) is 0 Å². The van der Waals surface area contributed by atoms with Crippen LogP contribution < -0.4 is 16.0 Å². The number of benzene rings is 1. The lowest BCUT2D eigenvalue weighted by Crippen LogP contribution is -2.63. The third-order valence-electron chi connectivity index (χ3n) is 7.35. The molecule has 0 spiro atoms. The van der Waals surface area contributed by atoms with E-state index >= 15 is 0 Å². The van der Waals surface area contributed by atoms with Gasteiger partial charge in [-0.3, -0.25) is 14.6 Å². The number of aryl methyl sites for hydroxylation is 1. The summed E-state index contributed by atoms with van der Waals surface area (Å²) in [6.07, 6.45) is 2.97. The van der Waals surface area contributed by atoms with E-state index in [4.69, 9.17) is 0 Å². The molecular weight excluding hydrogens is 383 g/mol. The Labute approximate surface area is 178 Å². The number of anilines is 1. The van der Waals surface area contributed by atoms with Crippen LogP contribution in [0.1, 0.15) is 24.0 Å². The zero-order chi connectivity index (χ0) is 20.8. The summed E-state index contributed by atoms with van der Waals surface area (Å²) in [6, 6.07) is 3.00. The van der Waals surface area contributed by atoms with Crippen LogP contribution in [0.2, 0.25) is 0 Å². The van der Waals surface area contributed by atoms with Crippen LogP contribution in [0, 0.1) is 12.7 Å². The number of nitrogens with zero attached hydrogens (tertiary/aromatic N) is 3. The van der Waals surface area contributed by atoms with E-state index < -0.39 is 6.04 Å². The minimum atomic E-state index is -0.396. The van der Waals surface area contributed by atoms with E-state index in [0.29, 0.717) is 24.3 Å². The molecule has 4 unspecified atom stereocenters. The fourth-order valence-electron chi connectivity index (χ4n) is 5.59. The van der Waals surface area contributed by atoms with Gasteiger partial charge in [-0.1, -0.05) is 6.07 Å². The summed E-state index contributed by atoms with van der Waals surface area (Å²) in [4.78, 5) is 20.6. The number of carbonyl (C=O) groups excluding carboxylic acids is 1. The number of fused-ring (bicyclic) bond motifs is 2. The molecule has 0 aliphatic carbocycles. The minimum Gasteiger partial charge on any atom is -0.373 e. The number of halogens is 1. The van der Waals surface area contributed by atoms with Crippen molar-refractivity contribution in [2.24, 2.45) is 0 Å². The van der Waals surface area contributed by atoms with Crippen LogP contribution in [-0.4, -0.2) is 91.3 Å². The van der Waals surface area contributed by atoms with Crippen molar-refractivity contribution in [3.8, 4) is 0 Å². The van der Waals surface area contributed by atoms with Gasteiger partial charge in [0.2, 0.25) is 5.91 Å². The Hall–Kier alpha value is -1.74. The van der Waals surface area contributed by atoms with Gasteiger partial charge in [-0.2, -0.15) is 0 Å². The molecule has 0 radical (unpaired) electrons. The van der Waals surface area contributed by atoms with Gasteiger partial charge in [0.05, 0.1) is 12.3 Å². The molecule has 4 atom stereocenters. The van der Waals surface area contributed by atoms with Gasteiger partial charge in [0, 0.05) is 63.0 Å². The predicted octanol–water partition coefficient (Wildman–Crippen LogP) is 0.554. The molecule has 4 heterocycles. The van der Waals surface area contributed by atoms with Crippen molar-refractivity contribution in [3.63, 3.8) is 0 Å². The zero-order valence-electron chi connectivity index (χ0n) is 18.0. The minimum absolute atomic E-state index is 0.0152. The second kappa shape index (κ2) is 8.07. The molecule has 0 aromatic heterocycles. The quantitative estimate of drug-likeness (QED) is 0.669. The predicted molar refractivity (Wildman–Crippen MR) is 115 cm³/mol. The SMILES string of the molecule is Cc1ccc(F)c2c1NC(C(=O)NC1CC3NCCN3C(N3CCN(C)CC3)C1)C2. The second-order valence-corrected chi connectivity index (χ2v) is 9.32. The van der Waals surface area contributed by atoms with Crippen molar-refractivity contribution >= 4 is 11.6 Å². The average molecular weight is 417 g/mol. The molecule has 0 saturated carbocycles. The van der Waals surface area contributed by atoms with Crippen molar-refractivity contribution in [2.75, 3.05) is 51.6 Å². The Morgan fingerprint density at radius 3 is 2.73 bits per heavy atom. The van der Waals surface area contributed by atoms with Crippen LogP contribution in [0.15, 0.2) is 12.1 Å². The number of hydrogen-bond acceptors (Lipinski definition) is 6. The highest BCUT2D eigenvalue weighted by Gasteiger charge is 2.42. The molecule has 7 nitrogen and oxygen atoms in total. The third-order valence-corrected chi connectivity index (χ3v) is 7.35. The summed E-state index contributed by atoms with van der Waals surface area (Å²) in [7, 11) is 2.18. The lowest BCUT2D eigenvalue weighted by molar-refractivity contribution is -0.123. The van der Waals surface area contributed by atoms with Gasteiger partial charge < -0.3 is 20.9 Å². The van der Waals surface area contributed by atoms with Gasteiger partial charge in [-0.15, -0.1) is 0 Å². The van der Waals surface area contributed by atoms with Crippen molar-refractivity contribution < 1.29 is 9.18 Å². The number of amides is 1. The van der Waals surface area contributed by atoms with Crippen LogP contribution >= 0.6 is 0 Å². The maximum absolute atomic E-state index is 14.2. The summed E-state index contributed by atoms with van der Waals surface area (Å²) < 4.78 is 14.2. The molecule has 30 heavy (non-hydrogen) atoms. The Kier molecular flexibility index (Phi) is 5.43. The summed E-state index contributed by atoms with van der Waals surface area (Å²) in [6.45, 7) is 8.36. The van der Waals surface area contributed by atoms with Gasteiger partial charge in [-0.05, 0) is 38.4 Å². The van der Waals surface area contributed by atoms with Gasteiger partial charge in [0.25, 0.3) is 0 Å². The first-order valence-electron chi connectivity index (χ1n) is 11.3. The fraction of sp³-hybridized carbons (Fsp3) is 0.682. The van der Waals surface area contributed by atoms with E-state index in [1.807, 2.05) is 6.92 Å². The second-order valence-electron chi connectivity index (χ2n) is 9.32. The molecule has 4 aliphatic rings. The number of piperidine rings is 1. The van der Waals surface area contributed by atoms with Gasteiger partial charge >= 0.3 is 0 Å². The number of piperazine rings is 1. The van der Waals surface area contributed by atoms with E-state index in [1.165, 1.54) is 6.07 Å². The van der Waals surface area contributed by atoms with Gasteiger partial charge in [0.1, 0.15) is 11.9 Å². The fourth-order valence-corrected chi connectivity index (χ4v) is 5.59. The van der Waals surface area contributed by atoms with Crippen LogP contribution in [0.5, 0.6) is 0 Å². The highest BCUT2D eigenvalue weighted by atomic mass is 19.1. The van der Waals surface area contributed by atoms with Crippen LogP contribution in [0.25, 0.3) is 0 Å². The molecule has 3 fully saturated rings. The van der Waals surface area contributed by atoms with Crippen molar-refractivity contribution in [2.45, 2.75) is 50.6 Å².